The number of pyridine rings is 1. The summed E-state index contributed by atoms with van der Waals surface area (Å²) in [5, 5.41) is 8.89. The summed E-state index contributed by atoms with van der Waals surface area (Å²) in [6.45, 7) is 2.95. The molecule has 0 aliphatic rings. The van der Waals surface area contributed by atoms with Crippen molar-refractivity contribution in [3.05, 3.63) is 53.9 Å². The molecule has 4 nitrogen and oxygen atoms in total. The highest BCUT2D eigenvalue weighted by Crippen LogP contribution is 2.28. The zero-order chi connectivity index (χ0) is 14.2. The summed E-state index contributed by atoms with van der Waals surface area (Å²) < 4.78 is 11.2. The molecule has 0 saturated heterocycles. The monoisotopic (exact) mass is 268 g/mol. The molecule has 0 N–H and O–H groups in total. The van der Waals surface area contributed by atoms with E-state index in [0.29, 0.717) is 30.3 Å². The lowest BCUT2D eigenvalue weighted by Gasteiger charge is -2.11. The summed E-state index contributed by atoms with van der Waals surface area (Å²) in [7, 11) is 0. The number of rotatable bonds is 6. The number of hydrogen-bond acceptors (Lipinski definition) is 4. The van der Waals surface area contributed by atoms with E-state index >= 15 is 0 Å². The predicted molar refractivity (Wildman–Crippen MR) is 75.8 cm³/mol. The molecule has 1 aromatic carbocycles. The van der Waals surface area contributed by atoms with Crippen molar-refractivity contribution < 1.29 is 9.47 Å². The van der Waals surface area contributed by atoms with Gasteiger partial charge in [-0.15, -0.1) is 0 Å². The SMILES string of the molecule is CCOc1cc(C#N)ccc1OCCc1ccccn1. The second kappa shape index (κ2) is 7.15. The van der Waals surface area contributed by atoms with Gasteiger partial charge in [0.1, 0.15) is 0 Å². The maximum Gasteiger partial charge on any atom is 0.162 e. The molecule has 0 radical (unpaired) electrons. The number of ether oxygens (including phenoxy) is 2. The van der Waals surface area contributed by atoms with E-state index in [0.717, 1.165) is 12.1 Å². The lowest BCUT2D eigenvalue weighted by Crippen LogP contribution is -2.04. The first-order valence-corrected chi connectivity index (χ1v) is 6.53. The first kappa shape index (κ1) is 13.9. The predicted octanol–water partition coefficient (Wildman–Crippen LogP) is 2.97. The number of nitrogens with zero attached hydrogens (tertiary/aromatic N) is 2. The van der Waals surface area contributed by atoms with Gasteiger partial charge in [0, 0.05) is 24.4 Å². The Hall–Kier alpha value is -2.54. The van der Waals surface area contributed by atoms with E-state index in [1.807, 2.05) is 25.1 Å². The first-order chi connectivity index (χ1) is 9.83. The Balaban J connectivity index is 2.00. The molecular weight excluding hydrogens is 252 g/mol. The molecule has 1 aromatic heterocycles. The second-order valence-corrected chi connectivity index (χ2v) is 4.13. The van der Waals surface area contributed by atoms with E-state index in [1.165, 1.54) is 0 Å². The van der Waals surface area contributed by atoms with Crippen LogP contribution in [-0.2, 0) is 6.42 Å². The van der Waals surface area contributed by atoms with Crippen molar-refractivity contribution in [3.63, 3.8) is 0 Å². The highest BCUT2D eigenvalue weighted by atomic mass is 16.5. The molecule has 2 rings (SSSR count). The van der Waals surface area contributed by atoms with Gasteiger partial charge in [0.05, 0.1) is 24.8 Å². The molecule has 0 saturated carbocycles. The topological polar surface area (TPSA) is 55.1 Å². The van der Waals surface area contributed by atoms with Crippen molar-refractivity contribution in [1.82, 2.24) is 4.98 Å². The van der Waals surface area contributed by atoms with Gasteiger partial charge in [-0.25, -0.2) is 0 Å². The summed E-state index contributed by atoms with van der Waals surface area (Å²) in [5.41, 5.74) is 1.55. The molecule has 1 heterocycles. The molecule has 0 unspecified atom stereocenters. The molecule has 102 valence electrons. The van der Waals surface area contributed by atoms with Crippen LogP contribution in [0.2, 0.25) is 0 Å². The van der Waals surface area contributed by atoms with Crippen molar-refractivity contribution in [2.24, 2.45) is 0 Å². The fraction of sp³-hybridized carbons (Fsp3) is 0.250. The van der Waals surface area contributed by atoms with Crippen LogP contribution in [0.4, 0.5) is 0 Å². The van der Waals surface area contributed by atoms with E-state index in [-0.39, 0.29) is 0 Å². The highest BCUT2D eigenvalue weighted by molar-refractivity contribution is 5.46. The van der Waals surface area contributed by atoms with Gasteiger partial charge in [-0.2, -0.15) is 5.26 Å². The van der Waals surface area contributed by atoms with Crippen molar-refractivity contribution in [2.75, 3.05) is 13.2 Å². The Morgan fingerprint density at radius 3 is 2.75 bits per heavy atom. The third-order valence-electron chi connectivity index (χ3n) is 2.71. The second-order valence-electron chi connectivity index (χ2n) is 4.13. The summed E-state index contributed by atoms with van der Waals surface area (Å²) in [6, 6.07) is 13.1. The van der Waals surface area contributed by atoms with Crippen molar-refractivity contribution >= 4 is 0 Å². The van der Waals surface area contributed by atoms with Crippen LogP contribution in [0.3, 0.4) is 0 Å². The zero-order valence-corrected chi connectivity index (χ0v) is 11.4. The minimum atomic E-state index is 0.517. The Morgan fingerprint density at radius 1 is 1.15 bits per heavy atom. The van der Waals surface area contributed by atoms with Crippen LogP contribution in [0.15, 0.2) is 42.6 Å². The third kappa shape index (κ3) is 3.72. The van der Waals surface area contributed by atoms with E-state index < -0.39 is 0 Å². The fourth-order valence-electron chi connectivity index (χ4n) is 1.78. The Bertz CT molecular complexity index is 591. The number of nitriles is 1. The van der Waals surface area contributed by atoms with Crippen molar-refractivity contribution in [3.8, 4) is 17.6 Å². The van der Waals surface area contributed by atoms with E-state index in [2.05, 4.69) is 11.1 Å². The summed E-state index contributed by atoms with van der Waals surface area (Å²) in [4.78, 5) is 4.24. The Morgan fingerprint density at radius 2 is 2.05 bits per heavy atom. The quantitative estimate of drug-likeness (QED) is 0.808. The van der Waals surface area contributed by atoms with Crippen LogP contribution in [0.25, 0.3) is 0 Å². The molecule has 0 bridgehead atoms. The molecule has 20 heavy (non-hydrogen) atoms. The van der Waals surface area contributed by atoms with E-state index in [9.17, 15) is 0 Å². The van der Waals surface area contributed by atoms with Gasteiger partial charge in [-0.3, -0.25) is 4.98 Å². The molecular formula is C16H16N2O2. The molecule has 0 fully saturated rings. The van der Waals surface area contributed by atoms with Gasteiger partial charge in [0.2, 0.25) is 0 Å². The molecule has 2 aromatic rings. The van der Waals surface area contributed by atoms with Gasteiger partial charge in [0.25, 0.3) is 0 Å². The minimum Gasteiger partial charge on any atom is -0.490 e. The molecule has 0 aliphatic carbocycles. The van der Waals surface area contributed by atoms with Crippen LogP contribution in [0, 0.1) is 11.3 Å². The fourth-order valence-corrected chi connectivity index (χ4v) is 1.78. The van der Waals surface area contributed by atoms with Crippen LogP contribution in [-0.4, -0.2) is 18.2 Å². The number of benzene rings is 1. The normalized spacial score (nSPS) is 9.80. The standard InChI is InChI=1S/C16H16N2O2/c1-2-19-16-11-13(12-17)6-7-15(16)20-10-8-14-5-3-4-9-18-14/h3-7,9,11H,2,8,10H2,1H3. The van der Waals surface area contributed by atoms with Crippen molar-refractivity contribution in [1.29, 1.82) is 5.26 Å². The van der Waals surface area contributed by atoms with E-state index in [1.54, 1.807) is 24.4 Å². The number of aromatic nitrogens is 1. The third-order valence-corrected chi connectivity index (χ3v) is 2.71. The van der Waals surface area contributed by atoms with Crippen LogP contribution < -0.4 is 9.47 Å². The lowest BCUT2D eigenvalue weighted by atomic mass is 10.2. The summed E-state index contributed by atoms with van der Waals surface area (Å²) in [5.74, 6) is 1.26. The summed E-state index contributed by atoms with van der Waals surface area (Å²) in [6.07, 6.45) is 2.50. The van der Waals surface area contributed by atoms with Gasteiger partial charge < -0.3 is 9.47 Å². The van der Waals surface area contributed by atoms with Crippen LogP contribution in [0.1, 0.15) is 18.2 Å². The molecule has 0 amide bonds. The zero-order valence-electron chi connectivity index (χ0n) is 11.4. The molecule has 0 aliphatic heterocycles. The Labute approximate surface area is 118 Å². The largest absolute Gasteiger partial charge is 0.490 e. The minimum absolute atomic E-state index is 0.517. The maximum atomic E-state index is 8.89. The van der Waals surface area contributed by atoms with Crippen LogP contribution >= 0.6 is 0 Å². The van der Waals surface area contributed by atoms with Gasteiger partial charge in [-0.05, 0) is 31.2 Å². The van der Waals surface area contributed by atoms with Gasteiger partial charge in [-0.1, -0.05) is 6.07 Å². The average Bonchev–Trinajstić information content (AvgIpc) is 2.50. The average molecular weight is 268 g/mol. The first-order valence-electron chi connectivity index (χ1n) is 6.53. The maximum absolute atomic E-state index is 8.89. The Kier molecular flexibility index (Phi) is 4.96. The molecule has 0 atom stereocenters. The lowest BCUT2D eigenvalue weighted by molar-refractivity contribution is 0.278. The molecule has 4 heteroatoms. The summed E-state index contributed by atoms with van der Waals surface area (Å²) >= 11 is 0. The van der Waals surface area contributed by atoms with Crippen molar-refractivity contribution in [2.45, 2.75) is 13.3 Å². The van der Waals surface area contributed by atoms with E-state index in [4.69, 9.17) is 14.7 Å². The molecule has 0 spiro atoms. The number of hydrogen-bond donors (Lipinski definition) is 0. The van der Waals surface area contributed by atoms with Crippen LogP contribution in [0.5, 0.6) is 11.5 Å². The van der Waals surface area contributed by atoms with Gasteiger partial charge in [0.15, 0.2) is 11.5 Å². The highest BCUT2D eigenvalue weighted by Gasteiger charge is 2.06. The smallest absolute Gasteiger partial charge is 0.162 e. The van der Waals surface area contributed by atoms with Gasteiger partial charge >= 0.3 is 0 Å².